The molecule has 1 rings (SSSR count). The molecule has 0 bridgehead atoms. The van der Waals surface area contributed by atoms with Crippen LogP contribution in [0.3, 0.4) is 0 Å². The van der Waals surface area contributed by atoms with Crippen LogP contribution < -0.4 is 5.73 Å². The van der Waals surface area contributed by atoms with E-state index in [0.29, 0.717) is 6.04 Å². The van der Waals surface area contributed by atoms with E-state index in [1.54, 1.807) is 0 Å². The highest BCUT2D eigenvalue weighted by molar-refractivity contribution is 4.92. The second-order valence-electron chi connectivity index (χ2n) is 4.96. The van der Waals surface area contributed by atoms with Gasteiger partial charge in [-0.05, 0) is 40.7 Å². The maximum Gasteiger partial charge on any atom is 0.105 e. The number of hydrogen-bond donors (Lipinski definition) is 2. The van der Waals surface area contributed by atoms with Gasteiger partial charge in [0.2, 0.25) is 0 Å². The number of hydrogen-bond acceptors (Lipinski definition) is 3. The van der Waals surface area contributed by atoms with Crippen molar-refractivity contribution in [1.82, 2.24) is 4.90 Å². The second kappa shape index (κ2) is 3.56. The van der Waals surface area contributed by atoms with Crippen LogP contribution in [0, 0.1) is 5.92 Å². The molecule has 1 aliphatic rings. The fraction of sp³-hybridized carbons (Fsp3) is 1.00. The molecule has 0 amide bonds. The van der Waals surface area contributed by atoms with E-state index in [2.05, 4.69) is 32.7 Å². The fourth-order valence-electron chi connectivity index (χ4n) is 2.32. The molecule has 1 saturated heterocycles. The molecule has 0 aromatic carbocycles. The van der Waals surface area contributed by atoms with Crippen LogP contribution in [0.2, 0.25) is 0 Å². The Morgan fingerprint density at radius 1 is 1.54 bits per heavy atom. The quantitative estimate of drug-likeness (QED) is 0.595. The molecule has 3 heteroatoms. The normalized spacial score (nSPS) is 37.4. The van der Waals surface area contributed by atoms with Crippen LogP contribution >= 0.6 is 0 Å². The first-order valence-corrected chi connectivity index (χ1v) is 5.01. The van der Waals surface area contributed by atoms with E-state index in [9.17, 15) is 5.11 Å². The third-order valence-electron chi connectivity index (χ3n) is 3.50. The topological polar surface area (TPSA) is 49.5 Å². The Morgan fingerprint density at radius 3 is 2.46 bits per heavy atom. The van der Waals surface area contributed by atoms with Gasteiger partial charge < -0.3 is 10.8 Å². The Morgan fingerprint density at radius 2 is 2.08 bits per heavy atom. The Kier molecular flexibility index (Phi) is 3.00. The molecule has 1 fully saturated rings. The summed E-state index contributed by atoms with van der Waals surface area (Å²) in [6.45, 7) is 6.60. The minimum atomic E-state index is -0.657. The van der Waals surface area contributed by atoms with Crippen molar-refractivity contribution in [3.63, 3.8) is 0 Å². The zero-order chi connectivity index (χ0) is 10.2. The number of rotatable bonds is 1. The zero-order valence-corrected chi connectivity index (χ0v) is 9.12. The Balaban J connectivity index is 2.70. The van der Waals surface area contributed by atoms with Gasteiger partial charge in [-0.2, -0.15) is 0 Å². The lowest BCUT2D eigenvalue weighted by atomic mass is 9.79. The van der Waals surface area contributed by atoms with Crippen molar-refractivity contribution >= 4 is 0 Å². The number of aliphatic hydroxyl groups is 1. The predicted octanol–water partition coefficient (Wildman–Crippen LogP) is 0.772. The van der Waals surface area contributed by atoms with E-state index in [4.69, 9.17) is 5.73 Å². The number of likely N-dealkylation sites (tertiary alicyclic amines) is 1. The number of nitrogens with zero attached hydrogens (tertiary/aromatic N) is 1. The Hall–Kier alpha value is -0.120. The first-order chi connectivity index (χ1) is 5.84. The SMILES string of the molecule is CC1CC(C(N)O)CC(C)(C)N1C. The van der Waals surface area contributed by atoms with Gasteiger partial charge >= 0.3 is 0 Å². The molecule has 3 nitrogen and oxygen atoms in total. The van der Waals surface area contributed by atoms with Gasteiger partial charge in [-0.1, -0.05) is 0 Å². The van der Waals surface area contributed by atoms with Crippen molar-refractivity contribution in [3.8, 4) is 0 Å². The molecular formula is C10H22N2O. The first-order valence-electron chi connectivity index (χ1n) is 5.01. The third-order valence-corrected chi connectivity index (χ3v) is 3.50. The second-order valence-corrected chi connectivity index (χ2v) is 4.96. The summed E-state index contributed by atoms with van der Waals surface area (Å²) >= 11 is 0. The van der Waals surface area contributed by atoms with E-state index in [0.717, 1.165) is 12.8 Å². The van der Waals surface area contributed by atoms with E-state index < -0.39 is 6.23 Å². The molecule has 3 unspecified atom stereocenters. The summed E-state index contributed by atoms with van der Waals surface area (Å²) in [5, 5.41) is 9.37. The third kappa shape index (κ3) is 2.22. The van der Waals surface area contributed by atoms with Crippen molar-refractivity contribution in [2.24, 2.45) is 11.7 Å². The van der Waals surface area contributed by atoms with Crippen LogP contribution in [-0.4, -0.2) is 34.9 Å². The fourth-order valence-corrected chi connectivity index (χ4v) is 2.32. The molecule has 13 heavy (non-hydrogen) atoms. The highest BCUT2D eigenvalue weighted by Gasteiger charge is 2.38. The minimum absolute atomic E-state index is 0.155. The van der Waals surface area contributed by atoms with Crippen LogP contribution in [0.4, 0.5) is 0 Å². The highest BCUT2D eigenvalue weighted by atomic mass is 16.3. The summed E-state index contributed by atoms with van der Waals surface area (Å²) in [4.78, 5) is 2.37. The smallest absolute Gasteiger partial charge is 0.105 e. The number of piperidine rings is 1. The van der Waals surface area contributed by atoms with Crippen molar-refractivity contribution in [3.05, 3.63) is 0 Å². The average molecular weight is 186 g/mol. The van der Waals surface area contributed by atoms with Crippen molar-refractivity contribution in [2.45, 2.75) is 51.4 Å². The Bertz CT molecular complexity index is 180. The molecule has 0 saturated carbocycles. The maximum atomic E-state index is 9.37. The summed E-state index contributed by atoms with van der Waals surface area (Å²) in [6, 6.07) is 0.506. The minimum Gasteiger partial charge on any atom is -0.379 e. The number of nitrogens with two attached hydrogens (primary N) is 1. The van der Waals surface area contributed by atoms with Gasteiger partial charge in [0.05, 0.1) is 0 Å². The van der Waals surface area contributed by atoms with E-state index in [1.807, 2.05) is 0 Å². The van der Waals surface area contributed by atoms with E-state index >= 15 is 0 Å². The molecule has 0 radical (unpaired) electrons. The zero-order valence-electron chi connectivity index (χ0n) is 9.12. The number of aliphatic hydroxyl groups excluding tert-OH is 1. The van der Waals surface area contributed by atoms with Crippen molar-refractivity contribution in [2.75, 3.05) is 7.05 Å². The lowest BCUT2D eigenvalue weighted by molar-refractivity contribution is -0.0195. The van der Waals surface area contributed by atoms with Gasteiger partial charge in [0.1, 0.15) is 6.23 Å². The lowest BCUT2D eigenvalue weighted by Crippen LogP contribution is -2.54. The first kappa shape index (κ1) is 11.0. The van der Waals surface area contributed by atoms with Crippen molar-refractivity contribution < 1.29 is 5.11 Å². The van der Waals surface area contributed by atoms with Gasteiger partial charge in [0.15, 0.2) is 0 Å². The summed E-state index contributed by atoms with van der Waals surface area (Å²) in [6.07, 6.45) is 1.32. The van der Waals surface area contributed by atoms with Gasteiger partial charge in [-0.3, -0.25) is 4.90 Å². The monoisotopic (exact) mass is 186 g/mol. The molecule has 0 aliphatic carbocycles. The standard InChI is InChI=1S/C10H22N2O/c1-7-5-8(9(11)13)6-10(2,3)12(7)4/h7-9,13H,5-6,11H2,1-4H3. The van der Waals surface area contributed by atoms with Crippen molar-refractivity contribution in [1.29, 1.82) is 0 Å². The summed E-state index contributed by atoms with van der Waals surface area (Å²) in [7, 11) is 2.14. The van der Waals surface area contributed by atoms with E-state index in [-0.39, 0.29) is 11.5 Å². The van der Waals surface area contributed by atoms with Crippen LogP contribution in [0.1, 0.15) is 33.6 Å². The largest absolute Gasteiger partial charge is 0.379 e. The van der Waals surface area contributed by atoms with Gasteiger partial charge in [0.25, 0.3) is 0 Å². The summed E-state index contributed by atoms with van der Waals surface area (Å²) in [5.41, 5.74) is 5.69. The molecule has 3 atom stereocenters. The maximum absolute atomic E-state index is 9.37. The van der Waals surface area contributed by atoms with Crippen LogP contribution in [-0.2, 0) is 0 Å². The molecule has 78 valence electrons. The van der Waals surface area contributed by atoms with Crippen LogP contribution in [0.15, 0.2) is 0 Å². The van der Waals surface area contributed by atoms with Crippen LogP contribution in [0.25, 0.3) is 0 Å². The highest BCUT2D eigenvalue weighted by Crippen LogP contribution is 2.34. The molecule has 1 aliphatic heterocycles. The van der Waals surface area contributed by atoms with E-state index in [1.165, 1.54) is 0 Å². The average Bonchev–Trinajstić information content (AvgIpc) is 1.99. The Labute approximate surface area is 80.9 Å². The summed E-state index contributed by atoms with van der Waals surface area (Å²) < 4.78 is 0. The molecule has 1 heterocycles. The van der Waals surface area contributed by atoms with Gasteiger partial charge in [0, 0.05) is 17.5 Å². The lowest BCUT2D eigenvalue weighted by Gasteiger charge is -2.48. The van der Waals surface area contributed by atoms with Crippen LogP contribution in [0.5, 0.6) is 0 Å². The molecule has 0 aromatic rings. The van der Waals surface area contributed by atoms with Gasteiger partial charge in [-0.15, -0.1) is 0 Å². The molecular weight excluding hydrogens is 164 g/mol. The van der Waals surface area contributed by atoms with Gasteiger partial charge in [-0.25, -0.2) is 0 Å². The molecule has 0 aromatic heterocycles. The predicted molar refractivity (Wildman–Crippen MR) is 54.2 cm³/mol. The molecule has 0 spiro atoms. The molecule has 3 N–H and O–H groups in total. The summed E-state index contributed by atoms with van der Waals surface area (Å²) in [5.74, 6) is 0.251.